The SMILES string of the molecule is O=C(CNS(=O)(=O)c1cccnc1)N1CCCCC1c1nc2ccccc2[nH]1. The van der Waals surface area contributed by atoms with E-state index in [0.717, 1.165) is 36.1 Å². The van der Waals surface area contributed by atoms with E-state index in [2.05, 4.69) is 19.7 Å². The fraction of sp³-hybridized carbons (Fsp3) is 0.316. The Bertz CT molecular complexity index is 1050. The minimum absolute atomic E-state index is 0.0373. The lowest BCUT2D eigenvalue weighted by atomic mass is 10.0. The van der Waals surface area contributed by atoms with Crippen LogP contribution in [0.15, 0.2) is 53.7 Å². The van der Waals surface area contributed by atoms with Gasteiger partial charge >= 0.3 is 0 Å². The van der Waals surface area contributed by atoms with Crippen molar-refractivity contribution in [3.63, 3.8) is 0 Å². The van der Waals surface area contributed by atoms with E-state index in [4.69, 9.17) is 0 Å². The molecule has 0 saturated carbocycles. The number of aromatic nitrogens is 3. The topological polar surface area (TPSA) is 108 Å². The summed E-state index contributed by atoms with van der Waals surface area (Å²) in [5.41, 5.74) is 1.78. The number of imidazole rings is 1. The van der Waals surface area contributed by atoms with Crippen LogP contribution in [-0.4, -0.2) is 47.3 Å². The van der Waals surface area contributed by atoms with Gasteiger partial charge in [-0.05, 0) is 43.5 Å². The van der Waals surface area contributed by atoms with Gasteiger partial charge in [-0.3, -0.25) is 9.78 Å². The van der Waals surface area contributed by atoms with Gasteiger partial charge in [0.2, 0.25) is 15.9 Å². The van der Waals surface area contributed by atoms with Gasteiger partial charge in [-0.1, -0.05) is 12.1 Å². The van der Waals surface area contributed by atoms with Gasteiger partial charge in [-0.25, -0.2) is 18.1 Å². The number of amides is 1. The molecule has 9 heteroatoms. The maximum atomic E-state index is 12.8. The predicted octanol–water partition coefficient (Wildman–Crippen LogP) is 1.99. The van der Waals surface area contributed by atoms with Gasteiger partial charge in [-0.2, -0.15) is 0 Å². The Morgan fingerprint density at radius 2 is 2.07 bits per heavy atom. The monoisotopic (exact) mass is 399 g/mol. The molecule has 1 unspecified atom stereocenters. The Labute approximate surface area is 163 Å². The number of nitrogens with zero attached hydrogens (tertiary/aromatic N) is 3. The van der Waals surface area contributed by atoms with Crippen LogP contribution in [0.4, 0.5) is 0 Å². The van der Waals surface area contributed by atoms with Crippen molar-refractivity contribution in [2.75, 3.05) is 13.1 Å². The van der Waals surface area contributed by atoms with Crippen LogP contribution in [0.5, 0.6) is 0 Å². The molecule has 0 aliphatic carbocycles. The number of hydrogen-bond acceptors (Lipinski definition) is 5. The zero-order valence-corrected chi connectivity index (χ0v) is 16.0. The number of benzene rings is 1. The molecule has 1 aliphatic rings. The van der Waals surface area contributed by atoms with Gasteiger partial charge in [-0.15, -0.1) is 0 Å². The van der Waals surface area contributed by atoms with E-state index in [0.29, 0.717) is 6.54 Å². The standard InChI is InChI=1S/C19H21N5O3S/c25-18(13-21-28(26,27)14-6-5-10-20-12-14)24-11-4-3-9-17(24)19-22-15-7-1-2-8-16(15)23-19/h1-2,5-8,10,12,17,21H,3-4,9,11,13H2,(H,22,23). The number of rotatable bonds is 5. The van der Waals surface area contributed by atoms with Crippen molar-refractivity contribution in [1.29, 1.82) is 0 Å². The van der Waals surface area contributed by atoms with Crippen LogP contribution in [-0.2, 0) is 14.8 Å². The van der Waals surface area contributed by atoms with Gasteiger partial charge < -0.3 is 9.88 Å². The van der Waals surface area contributed by atoms with Crippen molar-refractivity contribution in [2.45, 2.75) is 30.2 Å². The second kappa shape index (κ2) is 7.69. The summed E-state index contributed by atoms with van der Waals surface area (Å²) in [5, 5.41) is 0. The number of hydrogen-bond donors (Lipinski definition) is 2. The predicted molar refractivity (Wildman–Crippen MR) is 104 cm³/mol. The number of pyridine rings is 1. The molecule has 2 aromatic heterocycles. The minimum Gasteiger partial charge on any atom is -0.340 e. The zero-order chi connectivity index (χ0) is 19.6. The fourth-order valence-electron chi connectivity index (χ4n) is 3.49. The fourth-order valence-corrected chi connectivity index (χ4v) is 4.43. The Morgan fingerprint density at radius 3 is 2.86 bits per heavy atom. The first-order chi connectivity index (χ1) is 13.5. The minimum atomic E-state index is -3.78. The number of nitrogens with one attached hydrogen (secondary N) is 2. The molecule has 2 N–H and O–H groups in total. The lowest BCUT2D eigenvalue weighted by molar-refractivity contribution is -0.133. The molecule has 1 aromatic carbocycles. The normalized spacial score (nSPS) is 17.7. The third kappa shape index (κ3) is 3.76. The summed E-state index contributed by atoms with van der Waals surface area (Å²) in [6.45, 7) is 0.281. The molecule has 1 fully saturated rings. The Balaban J connectivity index is 1.50. The second-order valence-corrected chi connectivity index (χ2v) is 8.52. The van der Waals surface area contributed by atoms with Crippen molar-refractivity contribution in [3.8, 4) is 0 Å². The number of carbonyl (C=O) groups excluding carboxylic acids is 1. The summed E-state index contributed by atoms with van der Waals surface area (Å²) in [5.74, 6) is 0.474. The Kier molecular flexibility index (Phi) is 5.10. The highest BCUT2D eigenvalue weighted by Crippen LogP contribution is 2.30. The maximum absolute atomic E-state index is 12.8. The maximum Gasteiger partial charge on any atom is 0.242 e. The van der Waals surface area contributed by atoms with Gasteiger partial charge in [0.25, 0.3) is 0 Å². The molecule has 3 aromatic rings. The molecule has 4 rings (SSSR count). The van der Waals surface area contributed by atoms with E-state index in [1.807, 2.05) is 24.3 Å². The van der Waals surface area contributed by atoms with E-state index in [-0.39, 0.29) is 23.4 Å². The summed E-state index contributed by atoms with van der Waals surface area (Å²) in [6, 6.07) is 10.5. The molecule has 1 atom stereocenters. The number of aromatic amines is 1. The summed E-state index contributed by atoms with van der Waals surface area (Å²) < 4.78 is 27.1. The van der Waals surface area contributed by atoms with Gasteiger partial charge in [0.15, 0.2) is 0 Å². The molecule has 1 amide bonds. The van der Waals surface area contributed by atoms with Gasteiger partial charge in [0, 0.05) is 18.9 Å². The number of H-pyrrole nitrogens is 1. The van der Waals surface area contributed by atoms with Crippen LogP contribution in [0.2, 0.25) is 0 Å². The molecule has 146 valence electrons. The number of carbonyl (C=O) groups is 1. The molecule has 0 bridgehead atoms. The number of piperidine rings is 1. The molecule has 1 saturated heterocycles. The largest absolute Gasteiger partial charge is 0.340 e. The molecular formula is C19H21N5O3S. The van der Waals surface area contributed by atoms with Gasteiger partial charge in [0.05, 0.1) is 23.6 Å². The van der Waals surface area contributed by atoms with Crippen LogP contribution in [0.3, 0.4) is 0 Å². The molecule has 1 aliphatic heterocycles. The molecule has 0 radical (unpaired) electrons. The summed E-state index contributed by atoms with van der Waals surface area (Å²) in [6.07, 6.45) is 5.42. The van der Waals surface area contributed by atoms with Crippen molar-refractivity contribution < 1.29 is 13.2 Å². The number of para-hydroxylation sites is 2. The first-order valence-corrected chi connectivity index (χ1v) is 10.7. The summed E-state index contributed by atoms with van der Waals surface area (Å²) >= 11 is 0. The highest BCUT2D eigenvalue weighted by atomic mass is 32.2. The highest BCUT2D eigenvalue weighted by Gasteiger charge is 2.30. The second-order valence-electron chi connectivity index (χ2n) is 6.75. The summed E-state index contributed by atoms with van der Waals surface area (Å²) in [7, 11) is -3.78. The average Bonchev–Trinajstić information content (AvgIpc) is 3.17. The zero-order valence-electron chi connectivity index (χ0n) is 15.2. The van der Waals surface area contributed by atoms with Crippen molar-refractivity contribution >= 4 is 27.0 Å². The lowest BCUT2D eigenvalue weighted by Gasteiger charge is -2.34. The first-order valence-electron chi connectivity index (χ1n) is 9.18. The third-order valence-corrected chi connectivity index (χ3v) is 6.29. The summed E-state index contributed by atoms with van der Waals surface area (Å²) in [4.78, 5) is 26.3. The number of fused-ring (bicyclic) bond motifs is 1. The lowest BCUT2D eigenvalue weighted by Crippen LogP contribution is -2.44. The quantitative estimate of drug-likeness (QED) is 0.682. The molecule has 3 heterocycles. The van der Waals surface area contributed by atoms with Crippen LogP contribution in [0.25, 0.3) is 11.0 Å². The van der Waals surface area contributed by atoms with Crippen molar-refractivity contribution in [3.05, 3.63) is 54.6 Å². The third-order valence-electron chi connectivity index (χ3n) is 4.90. The van der Waals surface area contributed by atoms with E-state index in [1.165, 1.54) is 18.5 Å². The van der Waals surface area contributed by atoms with Crippen molar-refractivity contribution in [1.82, 2.24) is 24.6 Å². The first kappa shape index (κ1) is 18.6. The molecular weight excluding hydrogens is 378 g/mol. The van der Waals surface area contributed by atoms with E-state index >= 15 is 0 Å². The molecule has 8 nitrogen and oxygen atoms in total. The number of likely N-dealkylation sites (tertiary alicyclic amines) is 1. The highest BCUT2D eigenvalue weighted by molar-refractivity contribution is 7.89. The molecule has 0 spiro atoms. The van der Waals surface area contributed by atoms with Gasteiger partial charge in [0.1, 0.15) is 10.7 Å². The average molecular weight is 399 g/mol. The van der Waals surface area contributed by atoms with Crippen LogP contribution < -0.4 is 4.72 Å². The van der Waals surface area contributed by atoms with Crippen LogP contribution in [0, 0.1) is 0 Å². The smallest absolute Gasteiger partial charge is 0.242 e. The van der Waals surface area contributed by atoms with E-state index in [1.54, 1.807) is 11.0 Å². The molecule has 28 heavy (non-hydrogen) atoms. The van der Waals surface area contributed by atoms with E-state index in [9.17, 15) is 13.2 Å². The van der Waals surface area contributed by atoms with Crippen LogP contribution in [0.1, 0.15) is 31.1 Å². The Hall–Kier alpha value is -2.78. The van der Waals surface area contributed by atoms with Crippen LogP contribution >= 0.6 is 0 Å². The number of sulfonamides is 1. The van der Waals surface area contributed by atoms with Crippen molar-refractivity contribution in [2.24, 2.45) is 0 Å². The van der Waals surface area contributed by atoms with E-state index < -0.39 is 10.0 Å². The Morgan fingerprint density at radius 1 is 1.21 bits per heavy atom.